The van der Waals surface area contributed by atoms with Crippen molar-refractivity contribution in [2.75, 3.05) is 24.5 Å². The molecule has 2 aromatic rings. The second-order valence-corrected chi connectivity index (χ2v) is 9.08. The quantitative estimate of drug-likeness (QED) is 0.794. The lowest BCUT2D eigenvalue weighted by Gasteiger charge is -2.27. The number of hydrogen-bond acceptors (Lipinski definition) is 2. The van der Waals surface area contributed by atoms with Crippen molar-refractivity contribution in [3.05, 3.63) is 53.8 Å². The van der Waals surface area contributed by atoms with Crippen molar-refractivity contribution >= 4 is 11.6 Å². The Labute approximate surface area is 172 Å². The molecule has 0 unspecified atom stereocenters. The van der Waals surface area contributed by atoms with Crippen LogP contribution in [0.4, 0.5) is 10.1 Å². The van der Waals surface area contributed by atoms with E-state index in [2.05, 4.69) is 17.4 Å². The van der Waals surface area contributed by atoms with Crippen LogP contribution in [0.1, 0.15) is 50.5 Å². The molecule has 5 rings (SSSR count). The van der Waals surface area contributed by atoms with E-state index < -0.39 is 0 Å². The highest BCUT2D eigenvalue weighted by Crippen LogP contribution is 2.51. The van der Waals surface area contributed by atoms with Gasteiger partial charge in [0.15, 0.2) is 0 Å². The molecule has 0 radical (unpaired) electrons. The van der Waals surface area contributed by atoms with Crippen molar-refractivity contribution in [3.63, 3.8) is 0 Å². The minimum absolute atomic E-state index is 0.0559. The number of anilines is 1. The maximum Gasteiger partial charge on any atom is 0.227 e. The smallest absolute Gasteiger partial charge is 0.227 e. The maximum atomic E-state index is 14.4. The Morgan fingerprint density at radius 3 is 2.62 bits per heavy atom. The van der Waals surface area contributed by atoms with Crippen LogP contribution in [-0.4, -0.2) is 25.5 Å². The van der Waals surface area contributed by atoms with Crippen molar-refractivity contribution in [1.82, 2.24) is 5.32 Å². The second kappa shape index (κ2) is 7.56. The third-order valence-corrected chi connectivity index (χ3v) is 7.29. The molecule has 2 aliphatic heterocycles. The monoisotopic (exact) mass is 392 g/mol. The van der Waals surface area contributed by atoms with E-state index in [0.717, 1.165) is 56.6 Å². The van der Waals surface area contributed by atoms with E-state index in [0.29, 0.717) is 17.9 Å². The number of carbonyl (C=O) groups excluding carboxylic acids is 1. The van der Waals surface area contributed by atoms with Crippen LogP contribution in [0.5, 0.6) is 0 Å². The fourth-order valence-corrected chi connectivity index (χ4v) is 5.68. The molecular formula is C25H29FN2O. The largest absolute Gasteiger partial charge is 0.317 e. The number of benzene rings is 2. The Morgan fingerprint density at radius 1 is 1.10 bits per heavy atom. The standard InChI is InChI=1S/C25H29FN2O/c26-22-6-2-1-5-20(22)19-7-8-23-21(16-19)25(11-3-4-12-25)17-28(23)24(29)15-18-9-13-27-14-10-18/h1-2,5-8,16,18,27H,3-4,9-15,17H2. The Morgan fingerprint density at radius 2 is 1.86 bits per heavy atom. The van der Waals surface area contributed by atoms with Gasteiger partial charge in [-0.25, -0.2) is 4.39 Å². The van der Waals surface area contributed by atoms with Gasteiger partial charge in [0.05, 0.1) is 0 Å². The van der Waals surface area contributed by atoms with Crippen molar-refractivity contribution in [3.8, 4) is 11.1 Å². The van der Waals surface area contributed by atoms with Gasteiger partial charge in [-0.1, -0.05) is 37.1 Å². The molecule has 1 saturated carbocycles. The number of piperidine rings is 1. The van der Waals surface area contributed by atoms with Crippen molar-refractivity contribution in [1.29, 1.82) is 0 Å². The van der Waals surface area contributed by atoms with E-state index in [9.17, 15) is 9.18 Å². The van der Waals surface area contributed by atoms with Gasteiger partial charge < -0.3 is 10.2 Å². The number of carbonyl (C=O) groups is 1. The van der Waals surface area contributed by atoms with Gasteiger partial charge in [0.2, 0.25) is 5.91 Å². The summed E-state index contributed by atoms with van der Waals surface area (Å²) in [6.45, 7) is 2.84. The lowest BCUT2D eigenvalue weighted by atomic mass is 9.80. The second-order valence-electron chi connectivity index (χ2n) is 9.08. The summed E-state index contributed by atoms with van der Waals surface area (Å²) in [7, 11) is 0. The van der Waals surface area contributed by atoms with Crippen LogP contribution in [0.15, 0.2) is 42.5 Å². The summed E-state index contributed by atoms with van der Waals surface area (Å²) >= 11 is 0. The van der Waals surface area contributed by atoms with Crippen LogP contribution in [0.3, 0.4) is 0 Å². The number of nitrogens with zero attached hydrogens (tertiary/aromatic N) is 1. The van der Waals surface area contributed by atoms with E-state index in [4.69, 9.17) is 0 Å². The molecule has 29 heavy (non-hydrogen) atoms. The van der Waals surface area contributed by atoms with Crippen LogP contribution >= 0.6 is 0 Å². The van der Waals surface area contributed by atoms with Gasteiger partial charge in [0, 0.05) is 29.6 Å². The van der Waals surface area contributed by atoms with Crippen molar-refractivity contribution < 1.29 is 9.18 Å². The number of halogens is 1. The predicted molar refractivity (Wildman–Crippen MR) is 115 cm³/mol. The summed E-state index contributed by atoms with van der Waals surface area (Å²) in [5.41, 5.74) is 3.93. The summed E-state index contributed by atoms with van der Waals surface area (Å²) in [4.78, 5) is 15.3. The molecule has 3 aliphatic rings. The lowest BCUT2D eigenvalue weighted by molar-refractivity contribution is -0.119. The fourth-order valence-electron chi connectivity index (χ4n) is 5.68. The minimum atomic E-state index is -0.190. The zero-order chi connectivity index (χ0) is 19.8. The summed E-state index contributed by atoms with van der Waals surface area (Å²) in [6, 6.07) is 13.2. The molecule has 2 aromatic carbocycles. The van der Waals surface area contributed by atoms with E-state index >= 15 is 0 Å². The highest BCUT2D eigenvalue weighted by atomic mass is 19.1. The third kappa shape index (κ3) is 3.38. The zero-order valence-corrected chi connectivity index (χ0v) is 16.9. The lowest BCUT2D eigenvalue weighted by Crippen LogP contribution is -2.37. The molecule has 152 valence electrons. The van der Waals surface area contributed by atoms with Gasteiger partial charge in [-0.15, -0.1) is 0 Å². The molecule has 2 heterocycles. The summed E-state index contributed by atoms with van der Waals surface area (Å²) < 4.78 is 14.4. The molecule has 0 aromatic heterocycles. The van der Waals surface area contributed by atoms with Gasteiger partial charge in [-0.2, -0.15) is 0 Å². The number of rotatable bonds is 3. The van der Waals surface area contributed by atoms with Gasteiger partial charge in [0.25, 0.3) is 0 Å². The van der Waals surface area contributed by atoms with Gasteiger partial charge in [0.1, 0.15) is 5.82 Å². The van der Waals surface area contributed by atoms with Gasteiger partial charge in [-0.05, 0) is 74.0 Å². The van der Waals surface area contributed by atoms with Crippen LogP contribution in [0.25, 0.3) is 11.1 Å². The molecule has 3 nitrogen and oxygen atoms in total. The highest BCUT2D eigenvalue weighted by Gasteiger charge is 2.46. The molecule has 4 heteroatoms. The molecule has 1 spiro atoms. The summed E-state index contributed by atoms with van der Waals surface area (Å²) in [5, 5.41) is 3.38. The highest BCUT2D eigenvalue weighted by molar-refractivity contribution is 5.97. The first kappa shape index (κ1) is 18.8. The van der Waals surface area contributed by atoms with Crippen LogP contribution < -0.4 is 10.2 Å². The first-order valence-corrected chi connectivity index (χ1v) is 11.1. The van der Waals surface area contributed by atoms with Gasteiger partial charge in [-0.3, -0.25) is 4.79 Å². The Balaban J connectivity index is 1.49. The normalized spacial score (nSPS) is 20.9. The zero-order valence-electron chi connectivity index (χ0n) is 16.9. The number of hydrogen-bond donors (Lipinski definition) is 1. The van der Waals surface area contributed by atoms with Crippen LogP contribution in [0, 0.1) is 11.7 Å². The number of fused-ring (bicyclic) bond motifs is 2. The van der Waals surface area contributed by atoms with E-state index in [1.807, 2.05) is 23.1 Å². The van der Waals surface area contributed by atoms with Crippen molar-refractivity contribution in [2.45, 2.75) is 50.4 Å². The predicted octanol–water partition coefficient (Wildman–Crippen LogP) is 5.04. The van der Waals surface area contributed by atoms with Crippen LogP contribution in [0.2, 0.25) is 0 Å². The molecule has 1 aliphatic carbocycles. The van der Waals surface area contributed by atoms with Crippen LogP contribution in [-0.2, 0) is 10.2 Å². The first-order valence-electron chi connectivity index (χ1n) is 11.1. The van der Waals surface area contributed by atoms with Crippen molar-refractivity contribution in [2.24, 2.45) is 5.92 Å². The maximum absolute atomic E-state index is 14.4. The van der Waals surface area contributed by atoms with E-state index in [1.54, 1.807) is 6.07 Å². The topological polar surface area (TPSA) is 32.3 Å². The molecule has 1 amide bonds. The molecule has 0 atom stereocenters. The van der Waals surface area contributed by atoms with Gasteiger partial charge >= 0.3 is 0 Å². The fraction of sp³-hybridized carbons (Fsp3) is 0.480. The number of amides is 1. The Bertz CT molecular complexity index is 913. The Hall–Kier alpha value is -2.20. The molecule has 2 fully saturated rings. The molecule has 1 N–H and O–H groups in total. The number of nitrogens with one attached hydrogen (secondary N) is 1. The molecule has 1 saturated heterocycles. The molecule has 0 bridgehead atoms. The summed E-state index contributed by atoms with van der Waals surface area (Å²) in [6.07, 6.45) is 7.48. The third-order valence-electron chi connectivity index (χ3n) is 7.29. The minimum Gasteiger partial charge on any atom is -0.317 e. The SMILES string of the molecule is O=C(CC1CCNCC1)N1CC2(CCCC2)c2cc(-c3ccccc3F)ccc21. The average molecular weight is 393 g/mol. The first-order chi connectivity index (χ1) is 14.2. The van der Waals surface area contributed by atoms with E-state index in [1.165, 1.54) is 24.5 Å². The summed E-state index contributed by atoms with van der Waals surface area (Å²) in [5.74, 6) is 0.565. The average Bonchev–Trinajstić information content (AvgIpc) is 3.35. The molecular weight excluding hydrogens is 363 g/mol. The van der Waals surface area contributed by atoms with E-state index in [-0.39, 0.29) is 17.1 Å². The Kier molecular flexibility index (Phi) is 4.91.